The molecule has 0 heterocycles. The maximum atomic E-state index is 11.7. The van der Waals surface area contributed by atoms with Gasteiger partial charge < -0.3 is 4.74 Å². The van der Waals surface area contributed by atoms with Crippen molar-refractivity contribution in [3.8, 4) is 0 Å². The number of ether oxygens (including phenoxy) is 1. The van der Waals surface area contributed by atoms with E-state index in [0.717, 1.165) is 4.90 Å². The molecule has 0 aliphatic rings. The third kappa shape index (κ3) is 3.79. The number of esters is 1. The van der Waals surface area contributed by atoms with Crippen LogP contribution in [-0.4, -0.2) is 23.9 Å². The van der Waals surface area contributed by atoms with Gasteiger partial charge in [-0.1, -0.05) is 18.2 Å². The lowest BCUT2D eigenvalue weighted by atomic mass is 10.1. The smallest absolute Gasteiger partial charge is 0.393 e. The number of thioether (sulfide) groups is 1. The van der Waals surface area contributed by atoms with Crippen molar-refractivity contribution >= 4 is 17.7 Å². The van der Waals surface area contributed by atoms with E-state index in [1.165, 1.54) is 11.8 Å². The van der Waals surface area contributed by atoms with Gasteiger partial charge in [0.2, 0.25) is 0 Å². The van der Waals surface area contributed by atoms with Gasteiger partial charge in [-0.05, 0) is 19.1 Å². The van der Waals surface area contributed by atoms with E-state index in [2.05, 4.69) is 4.85 Å². The molecule has 90 valence electrons. The van der Waals surface area contributed by atoms with Crippen molar-refractivity contribution in [2.45, 2.75) is 24.3 Å². The van der Waals surface area contributed by atoms with E-state index in [0.29, 0.717) is 12.4 Å². The standard InChI is InChI=1S/C13H15NO2S/c1-4-16-12(15)13(2,14-3)10-17-11-8-6-5-7-9-11/h5-9H,4,10H2,1-2H3. The number of nitrogens with zero attached hydrogens (tertiary/aromatic N) is 1. The lowest BCUT2D eigenvalue weighted by Crippen LogP contribution is -2.36. The second kappa shape index (κ2) is 6.31. The largest absolute Gasteiger partial charge is 0.460 e. The predicted molar refractivity (Wildman–Crippen MR) is 68.8 cm³/mol. The molecule has 1 rings (SSSR count). The lowest BCUT2D eigenvalue weighted by Gasteiger charge is -2.14. The first-order valence-electron chi connectivity index (χ1n) is 5.36. The van der Waals surface area contributed by atoms with Crippen LogP contribution in [0.15, 0.2) is 35.2 Å². The zero-order valence-corrected chi connectivity index (χ0v) is 10.8. The SMILES string of the molecule is [C-]#[N+]C(C)(CSc1ccccc1)C(=O)OCC. The number of rotatable bonds is 5. The summed E-state index contributed by atoms with van der Waals surface area (Å²) in [5.74, 6) is -0.0438. The Bertz CT molecular complexity index is 413. The molecular weight excluding hydrogens is 234 g/mol. The Kier molecular flexibility index (Phi) is 5.05. The minimum absolute atomic E-state index is 0.306. The van der Waals surface area contributed by atoms with Gasteiger partial charge >= 0.3 is 11.5 Å². The minimum atomic E-state index is -1.10. The predicted octanol–water partition coefficient (Wildman–Crippen LogP) is 3.02. The summed E-state index contributed by atoms with van der Waals surface area (Å²) in [5, 5.41) is 0. The van der Waals surface area contributed by atoms with Crippen molar-refractivity contribution in [1.29, 1.82) is 0 Å². The molecule has 0 saturated heterocycles. The molecule has 1 aromatic rings. The van der Waals surface area contributed by atoms with Crippen LogP contribution >= 0.6 is 11.8 Å². The van der Waals surface area contributed by atoms with E-state index in [1.807, 2.05) is 30.3 Å². The van der Waals surface area contributed by atoms with Gasteiger partial charge in [-0.15, -0.1) is 11.8 Å². The van der Waals surface area contributed by atoms with Gasteiger partial charge in [0.15, 0.2) is 0 Å². The zero-order valence-electron chi connectivity index (χ0n) is 9.97. The van der Waals surface area contributed by atoms with Gasteiger partial charge in [0.05, 0.1) is 12.4 Å². The minimum Gasteiger partial charge on any atom is -0.460 e. The Morgan fingerprint density at radius 1 is 1.47 bits per heavy atom. The number of benzene rings is 1. The van der Waals surface area contributed by atoms with Crippen LogP contribution in [0.3, 0.4) is 0 Å². The van der Waals surface area contributed by atoms with Crippen molar-refractivity contribution in [3.63, 3.8) is 0 Å². The monoisotopic (exact) mass is 249 g/mol. The second-order valence-electron chi connectivity index (χ2n) is 3.71. The first-order valence-corrected chi connectivity index (χ1v) is 6.34. The fourth-order valence-corrected chi connectivity index (χ4v) is 2.14. The highest BCUT2D eigenvalue weighted by Crippen LogP contribution is 2.25. The molecule has 0 fully saturated rings. The third-order valence-corrected chi connectivity index (χ3v) is 3.54. The topological polar surface area (TPSA) is 30.7 Å². The van der Waals surface area contributed by atoms with Crippen LogP contribution in [0.4, 0.5) is 0 Å². The van der Waals surface area contributed by atoms with Gasteiger partial charge in [-0.3, -0.25) is 4.85 Å². The van der Waals surface area contributed by atoms with Crippen LogP contribution in [-0.2, 0) is 9.53 Å². The first kappa shape index (κ1) is 13.6. The molecule has 0 amide bonds. The van der Waals surface area contributed by atoms with E-state index in [-0.39, 0.29) is 0 Å². The maximum absolute atomic E-state index is 11.7. The molecule has 1 aromatic carbocycles. The number of hydrogen-bond donors (Lipinski definition) is 0. The Hall–Kier alpha value is -1.47. The Labute approximate surface area is 106 Å². The average molecular weight is 249 g/mol. The molecule has 0 N–H and O–H groups in total. The fraction of sp³-hybridized carbons (Fsp3) is 0.385. The molecule has 0 spiro atoms. The molecule has 0 radical (unpaired) electrons. The Morgan fingerprint density at radius 2 is 2.12 bits per heavy atom. The van der Waals surface area contributed by atoms with Crippen LogP contribution in [0.1, 0.15) is 13.8 Å². The molecule has 4 heteroatoms. The summed E-state index contributed by atoms with van der Waals surface area (Å²) in [7, 11) is 0. The number of carbonyl (C=O) groups excluding carboxylic acids is 1. The summed E-state index contributed by atoms with van der Waals surface area (Å²) in [4.78, 5) is 16.1. The number of hydrogen-bond acceptors (Lipinski definition) is 3. The molecule has 0 bridgehead atoms. The van der Waals surface area contributed by atoms with Crippen LogP contribution in [0, 0.1) is 6.57 Å². The maximum Gasteiger partial charge on any atom is 0.393 e. The van der Waals surface area contributed by atoms with Gasteiger partial charge in [-0.25, -0.2) is 11.4 Å². The van der Waals surface area contributed by atoms with Crippen molar-refractivity contribution in [2.75, 3.05) is 12.4 Å². The normalized spacial score (nSPS) is 13.5. The van der Waals surface area contributed by atoms with Crippen molar-refractivity contribution in [1.82, 2.24) is 0 Å². The molecular formula is C13H15NO2S. The van der Waals surface area contributed by atoms with Crippen LogP contribution < -0.4 is 0 Å². The Balaban J connectivity index is 2.65. The van der Waals surface area contributed by atoms with Gasteiger partial charge in [-0.2, -0.15) is 0 Å². The van der Waals surface area contributed by atoms with Crippen LogP contribution in [0.25, 0.3) is 4.85 Å². The number of carbonyl (C=O) groups is 1. The molecule has 3 nitrogen and oxygen atoms in total. The zero-order chi connectivity index (χ0) is 12.7. The molecule has 1 unspecified atom stereocenters. The first-order chi connectivity index (χ1) is 8.12. The highest BCUT2D eigenvalue weighted by molar-refractivity contribution is 7.99. The lowest BCUT2D eigenvalue weighted by molar-refractivity contribution is -0.146. The van der Waals surface area contributed by atoms with Gasteiger partial charge in [0.1, 0.15) is 0 Å². The second-order valence-corrected chi connectivity index (χ2v) is 4.76. The van der Waals surface area contributed by atoms with E-state index >= 15 is 0 Å². The van der Waals surface area contributed by atoms with E-state index < -0.39 is 11.5 Å². The van der Waals surface area contributed by atoms with E-state index in [1.54, 1.807) is 13.8 Å². The summed E-state index contributed by atoms with van der Waals surface area (Å²) < 4.78 is 4.92. The quantitative estimate of drug-likeness (QED) is 0.456. The summed E-state index contributed by atoms with van der Waals surface area (Å²) in [6.07, 6.45) is 0. The van der Waals surface area contributed by atoms with E-state index in [4.69, 9.17) is 11.3 Å². The van der Waals surface area contributed by atoms with Crippen LogP contribution in [0.5, 0.6) is 0 Å². The highest BCUT2D eigenvalue weighted by Gasteiger charge is 2.41. The molecule has 1 atom stereocenters. The molecule has 17 heavy (non-hydrogen) atoms. The van der Waals surface area contributed by atoms with Crippen molar-refractivity contribution in [3.05, 3.63) is 41.7 Å². The van der Waals surface area contributed by atoms with Crippen molar-refractivity contribution < 1.29 is 9.53 Å². The summed E-state index contributed by atoms with van der Waals surface area (Å²) in [5.41, 5.74) is -1.10. The third-order valence-electron chi connectivity index (χ3n) is 2.23. The summed E-state index contributed by atoms with van der Waals surface area (Å²) in [6.45, 7) is 10.8. The molecule has 0 saturated carbocycles. The van der Waals surface area contributed by atoms with Crippen LogP contribution in [0.2, 0.25) is 0 Å². The van der Waals surface area contributed by atoms with Crippen molar-refractivity contribution in [2.24, 2.45) is 0 Å². The summed E-state index contributed by atoms with van der Waals surface area (Å²) >= 11 is 1.49. The average Bonchev–Trinajstić information content (AvgIpc) is 2.37. The highest BCUT2D eigenvalue weighted by atomic mass is 32.2. The molecule has 0 aliphatic heterocycles. The molecule has 0 aliphatic carbocycles. The van der Waals surface area contributed by atoms with Gasteiger partial charge in [0, 0.05) is 11.8 Å². The Morgan fingerprint density at radius 3 is 2.65 bits per heavy atom. The van der Waals surface area contributed by atoms with Gasteiger partial charge in [0.25, 0.3) is 0 Å². The summed E-state index contributed by atoms with van der Waals surface area (Å²) in [6, 6.07) is 9.72. The van der Waals surface area contributed by atoms with E-state index in [9.17, 15) is 4.79 Å². The fourth-order valence-electron chi connectivity index (χ4n) is 1.16. The molecule has 0 aromatic heterocycles.